The third kappa shape index (κ3) is 3.80. The minimum absolute atomic E-state index is 0.0114. The minimum Gasteiger partial charge on any atom is -0.493 e. The molecule has 1 N–H and O–H groups in total. The van der Waals surface area contributed by atoms with Gasteiger partial charge in [0.25, 0.3) is 5.91 Å². The maximum Gasteiger partial charge on any atom is 0.251 e. The molecule has 0 aromatic heterocycles. The van der Waals surface area contributed by atoms with E-state index in [0.29, 0.717) is 15.6 Å². The van der Waals surface area contributed by atoms with Crippen LogP contribution < -0.4 is 10.1 Å². The van der Waals surface area contributed by atoms with Gasteiger partial charge in [-0.2, -0.15) is 0 Å². The molecule has 2 aromatic carbocycles. The quantitative estimate of drug-likeness (QED) is 0.893. The maximum absolute atomic E-state index is 12.3. The first kappa shape index (κ1) is 16.2. The summed E-state index contributed by atoms with van der Waals surface area (Å²) in [7, 11) is 0. The fourth-order valence-corrected chi connectivity index (χ4v) is 3.01. The first-order valence-corrected chi connectivity index (χ1v) is 8.29. The molecule has 2 aromatic rings. The summed E-state index contributed by atoms with van der Waals surface area (Å²) in [5.74, 6) is 0.821. The van der Waals surface area contributed by atoms with E-state index in [4.69, 9.17) is 27.9 Å². The highest BCUT2D eigenvalue weighted by Gasteiger charge is 2.15. The predicted octanol–water partition coefficient (Wildman–Crippen LogP) is 4.29. The molecule has 0 saturated carbocycles. The van der Waals surface area contributed by atoms with Crippen molar-refractivity contribution in [3.63, 3.8) is 0 Å². The molecule has 1 amide bonds. The SMILES string of the molecule is CC(Cc1ccc2c(c1)CCO2)NC(=O)c1ccc(Cl)c(Cl)c1. The average Bonchev–Trinajstić information content (AvgIpc) is 2.97. The van der Waals surface area contributed by atoms with Gasteiger partial charge in [-0.05, 0) is 48.7 Å². The molecule has 0 bridgehead atoms. The number of halogens is 2. The van der Waals surface area contributed by atoms with Crippen LogP contribution in [0.1, 0.15) is 28.4 Å². The molecule has 1 unspecified atom stereocenters. The zero-order valence-corrected chi connectivity index (χ0v) is 14.2. The van der Waals surface area contributed by atoms with Crippen molar-refractivity contribution in [3.8, 4) is 5.75 Å². The van der Waals surface area contributed by atoms with E-state index in [-0.39, 0.29) is 11.9 Å². The zero-order chi connectivity index (χ0) is 16.4. The normalized spacial score (nSPS) is 14.0. The number of nitrogens with one attached hydrogen (secondary N) is 1. The lowest BCUT2D eigenvalue weighted by Gasteiger charge is -2.15. The van der Waals surface area contributed by atoms with Crippen molar-refractivity contribution in [2.45, 2.75) is 25.8 Å². The Morgan fingerprint density at radius 1 is 1.22 bits per heavy atom. The van der Waals surface area contributed by atoms with Gasteiger partial charge < -0.3 is 10.1 Å². The van der Waals surface area contributed by atoms with Gasteiger partial charge in [0, 0.05) is 18.0 Å². The van der Waals surface area contributed by atoms with Crippen LogP contribution in [0.5, 0.6) is 5.75 Å². The summed E-state index contributed by atoms with van der Waals surface area (Å²) in [6, 6.07) is 11.1. The lowest BCUT2D eigenvalue weighted by Crippen LogP contribution is -2.34. The largest absolute Gasteiger partial charge is 0.493 e. The summed E-state index contributed by atoms with van der Waals surface area (Å²) in [4.78, 5) is 12.3. The Morgan fingerprint density at radius 3 is 2.83 bits per heavy atom. The average molecular weight is 350 g/mol. The Morgan fingerprint density at radius 2 is 2.04 bits per heavy atom. The summed E-state index contributed by atoms with van der Waals surface area (Å²) in [5.41, 5.74) is 2.94. The van der Waals surface area contributed by atoms with E-state index < -0.39 is 0 Å². The van der Waals surface area contributed by atoms with Gasteiger partial charge in [0.05, 0.1) is 16.7 Å². The van der Waals surface area contributed by atoms with E-state index in [1.54, 1.807) is 18.2 Å². The van der Waals surface area contributed by atoms with Crippen molar-refractivity contribution in [2.24, 2.45) is 0 Å². The van der Waals surface area contributed by atoms with Gasteiger partial charge in [0.2, 0.25) is 0 Å². The molecule has 1 heterocycles. The number of benzene rings is 2. The fourth-order valence-electron chi connectivity index (χ4n) is 2.72. The van der Waals surface area contributed by atoms with E-state index >= 15 is 0 Å². The Balaban J connectivity index is 1.63. The third-order valence-corrected chi connectivity index (χ3v) is 4.59. The Hall–Kier alpha value is -1.71. The van der Waals surface area contributed by atoms with Crippen LogP contribution in [0.4, 0.5) is 0 Å². The van der Waals surface area contributed by atoms with Gasteiger partial charge in [-0.1, -0.05) is 35.3 Å². The van der Waals surface area contributed by atoms with Crippen LogP contribution >= 0.6 is 23.2 Å². The molecule has 5 heteroatoms. The molecular formula is C18H17Cl2NO2. The molecule has 1 aliphatic rings. The summed E-state index contributed by atoms with van der Waals surface area (Å²) in [6.45, 7) is 2.74. The second-order valence-electron chi connectivity index (χ2n) is 5.75. The van der Waals surface area contributed by atoms with Crippen LogP contribution in [-0.2, 0) is 12.8 Å². The van der Waals surface area contributed by atoms with Crippen LogP contribution in [0.15, 0.2) is 36.4 Å². The molecule has 120 valence electrons. The number of rotatable bonds is 4. The second-order valence-corrected chi connectivity index (χ2v) is 6.56. The van der Waals surface area contributed by atoms with Crippen molar-refractivity contribution in [2.75, 3.05) is 6.61 Å². The molecule has 0 spiro atoms. The van der Waals surface area contributed by atoms with Gasteiger partial charge in [-0.15, -0.1) is 0 Å². The Labute approximate surface area is 145 Å². The maximum atomic E-state index is 12.3. The summed E-state index contributed by atoms with van der Waals surface area (Å²) in [6.07, 6.45) is 1.72. The lowest BCUT2D eigenvalue weighted by molar-refractivity contribution is 0.0940. The zero-order valence-electron chi connectivity index (χ0n) is 12.7. The van der Waals surface area contributed by atoms with Gasteiger partial charge in [0.1, 0.15) is 5.75 Å². The molecule has 3 nitrogen and oxygen atoms in total. The van der Waals surface area contributed by atoms with Crippen molar-refractivity contribution in [1.29, 1.82) is 0 Å². The van der Waals surface area contributed by atoms with Crippen molar-refractivity contribution < 1.29 is 9.53 Å². The molecule has 3 rings (SSSR count). The number of amides is 1. The second kappa shape index (κ2) is 6.81. The van der Waals surface area contributed by atoms with Gasteiger partial charge in [0.15, 0.2) is 0 Å². The smallest absolute Gasteiger partial charge is 0.251 e. The van der Waals surface area contributed by atoms with Gasteiger partial charge >= 0.3 is 0 Å². The van der Waals surface area contributed by atoms with Crippen LogP contribution in [0.3, 0.4) is 0 Å². The number of carbonyl (C=O) groups is 1. The van der Waals surface area contributed by atoms with Crippen molar-refractivity contribution in [1.82, 2.24) is 5.32 Å². The highest BCUT2D eigenvalue weighted by Crippen LogP contribution is 2.26. The van der Waals surface area contributed by atoms with E-state index in [0.717, 1.165) is 25.2 Å². The number of carbonyl (C=O) groups excluding carboxylic acids is 1. The van der Waals surface area contributed by atoms with Crippen LogP contribution in [0, 0.1) is 0 Å². The van der Waals surface area contributed by atoms with Crippen molar-refractivity contribution >= 4 is 29.1 Å². The third-order valence-electron chi connectivity index (χ3n) is 3.86. The van der Waals surface area contributed by atoms with Crippen molar-refractivity contribution in [3.05, 3.63) is 63.1 Å². The predicted molar refractivity (Wildman–Crippen MR) is 92.7 cm³/mol. The van der Waals surface area contributed by atoms with E-state index in [9.17, 15) is 4.79 Å². The van der Waals surface area contributed by atoms with E-state index in [2.05, 4.69) is 11.4 Å². The first-order valence-electron chi connectivity index (χ1n) is 7.53. The molecule has 1 atom stereocenters. The number of ether oxygens (including phenoxy) is 1. The molecule has 0 radical (unpaired) electrons. The molecule has 1 aliphatic heterocycles. The van der Waals surface area contributed by atoms with Crippen LogP contribution in [0.2, 0.25) is 10.0 Å². The van der Waals surface area contributed by atoms with Crippen LogP contribution in [-0.4, -0.2) is 18.6 Å². The molecule has 23 heavy (non-hydrogen) atoms. The Kier molecular flexibility index (Phi) is 4.79. The highest BCUT2D eigenvalue weighted by molar-refractivity contribution is 6.42. The number of hydrogen-bond acceptors (Lipinski definition) is 2. The molecular weight excluding hydrogens is 333 g/mol. The van der Waals surface area contributed by atoms with E-state index in [1.807, 2.05) is 19.1 Å². The number of fused-ring (bicyclic) bond motifs is 1. The topological polar surface area (TPSA) is 38.3 Å². The summed E-state index contributed by atoms with van der Waals surface area (Å²) < 4.78 is 5.51. The fraction of sp³-hybridized carbons (Fsp3) is 0.278. The Bertz CT molecular complexity index is 746. The number of hydrogen-bond donors (Lipinski definition) is 1. The molecule has 0 aliphatic carbocycles. The minimum atomic E-state index is -0.152. The first-order chi connectivity index (χ1) is 11.0. The lowest BCUT2D eigenvalue weighted by atomic mass is 10.0. The van der Waals surface area contributed by atoms with E-state index in [1.165, 1.54) is 11.1 Å². The van der Waals surface area contributed by atoms with Crippen LogP contribution in [0.25, 0.3) is 0 Å². The molecule has 0 saturated heterocycles. The standard InChI is InChI=1S/C18H17Cl2NO2/c1-11(8-12-2-5-17-13(9-12)6-7-23-17)21-18(22)14-3-4-15(19)16(20)10-14/h2-5,9-11H,6-8H2,1H3,(H,21,22). The van der Waals surface area contributed by atoms with Gasteiger partial charge in [-0.25, -0.2) is 0 Å². The monoisotopic (exact) mass is 349 g/mol. The van der Waals surface area contributed by atoms with Gasteiger partial charge in [-0.3, -0.25) is 4.79 Å². The summed E-state index contributed by atoms with van der Waals surface area (Å²) in [5, 5.41) is 3.81. The summed E-state index contributed by atoms with van der Waals surface area (Å²) >= 11 is 11.8. The molecule has 0 fully saturated rings. The highest BCUT2D eigenvalue weighted by atomic mass is 35.5.